The molecule has 1 saturated heterocycles. The van der Waals surface area contributed by atoms with Gasteiger partial charge in [0, 0.05) is 34.4 Å². The molecule has 1 unspecified atom stereocenters. The third-order valence-electron chi connectivity index (χ3n) is 4.40. The number of anilines is 1. The Morgan fingerprint density at radius 1 is 1.20 bits per heavy atom. The highest BCUT2D eigenvalue weighted by Gasteiger charge is 2.25. The number of H-pyrrole nitrogens is 1. The molecule has 0 bridgehead atoms. The fraction of sp³-hybridized carbons (Fsp3) is 0.211. The van der Waals surface area contributed by atoms with Crippen LogP contribution in [0.3, 0.4) is 0 Å². The standard InChI is InChI=1S/C19H18ClN3O2/c20-15-3-1-13(2-4-15)18-12-23(9-10-25-18)19(24)22-16-5-6-17-14(11-16)7-8-21-17/h1-8,11,18,21H,9-10,12H2,(H,22,24). The second kappa shape index (κ2) is 6.78. The summed E-state index contributed by atoms with van der Waals surface area (Å²) < 4.78 is 5.81. The van der Waals surface area contributed by atoms with Crippen molar-refractivity contribution in [2.45, 2.75) is 6.10 Å². The Balaban J connectivity index is 1.45. The summed E-state index contributed by atoms with van der Waals surface area (Å²) in [5, 5.41) is 4.73. The number of rotatable bonds is 2. The first kappa shape index (κ1) is 16.0. The number of urea groups is 1. The highest BCUT2D eigenvalue weighted by Crippen LogP contribution is 2.24. The first-order chi connectivity index (χ1) is 12.2. The van der Waals surface area contributed by atoms with E-state index in [4.69, 9.17) is 16.3 Å². The fourth-order valence-electron chi connectivity index (χ4n) is 3.05. The van der Waals surface area contributed by atoms with E-state index in [0.29, 0.717) is 24.7 Å². The van der Waals surface area contributed by atoms with Crippen LogP contribution in [0.15, 0.2) is 54.7 Å². The van der Waals surface area contributed by atoms with E-state index in [-0.39, 0.29) is 12.1 Å². The van der Waals surface area contributed by atoms with Crippen LogP contribution in [0.5, 0.6) is 0 Å². The maximum atomic E-state index is 12.6. The topological polar surface area (TPSA) is 57.4 Å². The summed E-state index contributed by atoms with van der Waals surface area (Å²) in [6.45, 7) is 1.60. The predicted molar refractivity (Wildman–Crippen MR) is 99.0 cm³/mol. The lowest BCUT2D eigenvalue weighted by Crippen LogP contribution is -2.44. The quantitative estimate of drug-likeness (QED) is 0.714. The summed E-state index contributed by atoms with van der Waals surface area (Å²) in [5.41, 5.74) is 2.86. The molecular weight excluding hydrogens is 338 g/mol. The number of ether oxygens (including phenoxy) is 1. The summed E-state index contributed by atoms with van der Waals surface area (Å²) in [6.07, 6.45) is 1.75. The van der Waals surface area contributed by atoms with Crippen LogP contribution in [0.4, 0.5) is 10.5 Å². The number of aromatic nitrogens is 1. The second-order valence-electron chi connectivity index (χ2n) is 6.07. The smallest absolute Gasteiger partial charge is 0.322 e. The molecule has 0 radical (unpaired) electrons. The molecule has 128 valence electrons. The molecule has 0 saturated carbocycles. The maximum Gasteiger partial charge on any atom is 0.322 e. The second-order valence-corrected chi connectivity index (χ2v) is 6.50. The van der Waals surface area contributed by atoms with Crippen LogP contribution in [0.25, 0.3) is 10.9 Å². The monoisotopic (exact) mass is 355 g/mol. The third kappa shape index (κ3) is 3.48. The Bertz CT molecular complexity index is 891. The first-order valence-corrected chi connectivity index (χ1v) is 8.57. The molecule has 2 heterocycles. The van der Waals surface area contributed by atoms with Gasteiger partial charge in [-0.25, -0.2) is 4.79 Å². The van der Waals surface area contributed by atoms with Gasteiger partial charge in [0.2, 0.25) is 0 Å². The lowest BCUT2D eigenvalue weighted by Gasteiger charge is -2.33. The summed E-state index contributed by atoms with van der Waals surface area (Å²) >= 11 is 5.94. The number of aromatic amines is 1. The molecule has 1 aliphatic heterocycles. The van der Waals surface area contributed by atoms with Gasteiger partial charge in [0.05, 0.1) is 13.2 Å². The zero-order chi connectivity index (χ0) is 17.2. The number of amides is 2. The zero-order valence-electron chi connectivity index (χ0n) is 13.5. The van der Waals surface area contributed by atoms with Gasteiger partial charge in [-0.2, -0.15) is 0 Å². The molecule has 1 aliphatic rings. The number of carbonyl (C=O) groups is 1. The summed E-state index contributed by atoms with van der Waals surface area (Å²) in [6, 6.07) is 15.2. The number of fused-ring (bicyclic) bond motifs is 1. The van der Waals surface area contributed by atoms with Crippen molar-refractivity contribution in [1.82, 2.24) is 9.88 Å². The van der Waals surface area contributed by atoms with Crippen molar-refractivity contribution in [2.24, 2.45) is 0 Å². The van der Waals surface area contributed by atoms with Gasteiger partial charge >= 0.3 is 6.03 Å². The molecule has 25 heavy (non-hydrogen) atoms. The van der Waals surface area contributed by atoms with Gasteiger partial charge in [-0.1, -0.05) is 23.7 Å². The number of nitrogens with zero attached hydrogens (tertiary/aromatic N) is 1. The van der Waals surface area contributed by atoms with Gasteiger partial charge in [0.25, 0.3) is 0 Å². The van der Waals surface area contributed by atoms with E-state index in [1.54, 1.807) is 4.90 Å². The van der Waals surface area contributed by atoms with E-state index >= 15 is 0 Å². The van der Waals surface area contributed by atoms with Crippen molar-refractivity contribution in [1.29, 1.82) is 0 Å². The van der Waals surface area contributed by atoms with E-state index in [9.17, 15) is 4.79 Å². The molecule has 0 aliphatic carbocycles. The molecule has 1 aromatic heterocycles. The average molecular weight is 356 g/mol. The van der Waals surface area contributed by atoms with Crippen LogP contribution in [0, 0.1) is 0 Å². The summed E-state index contributed by atoms with van der Waals surface area (Å²) in [4.78, 5) is 17.5. The number of nitrogens with one attached hydrogen (secondary N) is 2. The number of halogens is 1. The highest BCUT2D eigenvalue weighted by molar-refractivity contribution is 6.30. The van der Waals surface area contributed by atoms with E-state index in [1.807, 2.05) is 54.7 Å². The zero-order valence-corrected chi connectivity index (χ0v) is 14.3. The molecule has 0 spiro atoms. The number of hydrogen-bond acceptors (Lipinski definition) is 2. The minimum Gasteiger partial charge on any atom is -0.370 e. The third-order valence-corrected chi connectivity index (χ3v) is 4.65. The minimum absolute atomic E-state index is 0.114. The lowest BCUT2D eigenvalue weighted by atomic mass is 10.1. The minimum atomic E-state index is -0.135. The Kier molecular flexibility index (Phi) is 4.34. The van der Waals surface area contributed by atoms with Crippen LogP contribution in [0.2, 0.25) is 5.02 Å². The van der Waals surface area contributed by atoms with Crippen LogP contribution >= 0.6 is 11.6 Å². The Morgan fingerprint density at radius 3 is 2.88 bits per heavy atom. The van der Waals surface area contributed by atoms with Crippen molar-refractivity contribution in [3.63, 3.8) is 0 Å². The van der Waals surface area contributed by atoms with Crippen LogP contribution < -0.4 is 5.32 Å². The van der Waals surface area contributed by atoms with Crippen molar-refractivity contribution in [2.75, 3.05) is 25.0 Å². The molecule has 3 aromatic rings. The van der Waals surface area contributed by atoms with E-state index in [2.05, 4.69) is 10.3 Å². The molecule has 1 fully saturated rings. The summed E-state index contributed by atoms with van der Waals surface area (Å²) in [7, 11) is 0. The fourth-order valence-corrected chi connectivity index (χ4v) is 3.17. The number of morpholine rings is 1. The molecule has 2 amide bonds. The maximum absolute atomic E-state index is 12.6. The molecule has 4 rings (SSSR count). The van der Waals surface area contributed by atoms with Crippen molar-refractivity contribution < 1.29 is 9.53 Å². The molecule has 1 atom stereocenters. The Hall–Kier alpha value is -2.50. The molecule has 6 heteroatoms. The largest absolute Gasteiger partial charge is 0.370 e. The van der Waals surface area contributed by atoms with Gasteiger partial charge in [-0.15, -0.1) is 0 Å². The van der Waals surface area contributed by atoms with Crippen LogP contribution in [-0.2, 0) is 4.74 Å². The summed E-state index contributed by atoms with van der Waals surface area (Å²) in [5.74, 6) is 0. The highest BCUT2D eigenvalue weighted by atomic mass is 35.5. The van der Waals surface area contributed by atoms with E-state index < -0.39 is 0 Å². The van der Waals surface area contributed by atoms with Gasteiger partial charge in [-0.05, 0) is 42.0 Å². The van der Waals surface area contributed by atoms with Gasteiger partial charge < -0.3 is 19.9 Å². The lowest BCUT2D eigenvalue weighted by molar-refractivity contribution is -0.0135. The van der Waals surface area contributed by atoms with Gasteiger partial charge in [-0.3, -0.25) is 0 Å². The predicted octanol–water partition coefficient (Wildman–Crippen LogP) is 4.43. The van der Waals surface area contributed by atoms with Crippen molar-refractivity contribution >= 4 is 34.2 Å². The number of carbonyl (C=O) groups excluding carboxylic acids is 1. The molecule has 2 N–H and O–H groups in total. The van der Waals surface area contributed by atoms with Crippen LogP contribution in [-0.4, -0.2) is 35.6 Å². The number of benzene rings is 2. The number of hydrogen-bond donors (Lipinski definition) is 2. The Morgan fingerprint density at radius 2 is 2.04 bits per heavy atom. The Labute approximate surface area is 150 Å². The van der Waals surface area contributed by atoms with Crippen molar-refractivity contribution in [3.8, 4) is 0 Å². The van der Waals surface area contributed by atoms with E-state index in [1.165, 1.54) is 0 Å². The van der Waals surface area contributed by atoms with Crippen molar-refractivity contribution in [3.05, 3.63) is 65.3 Å². The molecule has 2 aromatic carbocycles. The molecule has 5 nitrogen and oxygen atoms in total. The molecular formula is C19H18ClN3O2. The normalized spacial score (nSPS) is 17.6. The SMILES string of the molecule is O=C(Nc1ccc2[nH]ccc2c1)N1CCOC(c2ccc(Cl)cc2)C1. The first-order valence-electron chi connectivity index (χ1n) is 8.19. The van der Waals surface area contributed by atoms with E-state index in [0.717, 1.165) is 22.2 Å². The van der Waals surface area contributed by atoms with Gasteiger partial charge in [0.15, 0.2) is 0 Å². The average Bonchev–Trinajstić information content (AvgIpc) is 3.10. The van der Waals surface area contributed by atoms with Gasteiger partial charge in [0.1, 0.15) is 6.10 Å². The van der Waals surface area contributed by atoms with Crippen LogP contribution in [0.1, 0.15) is 11.7 Å².